The molecule has 0 unspecified atom stereocenters. The second-order valence-corrected chi connectivity index (χ2v) is 7.14. The molecule has 0 aliphatic heterocycles. The highest BCUT2D eigenvalue weighted by molar-refractivity contribution is 6.32. The Hall–Kier alpha value is -2.34. The van der Waals surface area contributed by atoms with Crippen molar-refractivity contribution in [3.05, 3.63) is 46.2 Å². The molecular formula is C20H28ClN5O. The first-order chi connectivity index (χ1) is 12.9. The fourth-order valence-electron chi connectivity index (χ4n) is 2.81. The average molecular weight is 390 g/mol. The van der Waals surface area contributed by atoms with Crippen LogP contribution in [0.25, 0.3) is 0 Å². The van der Waals surface area contributed by atoms with Crippen molar-refractivity contribution in [1.29, 1.82) is 0 Å². The van der Waals surface area contributed by atoms with Crippen LogP contribution in [0.1, 0.15) is 49.3 Å². The van der Waals surface area contributed by atoms with Gasteiger partial charge in [-0.25, -0.2) is 5.43 Å². The number of carbonyl (C=O) groups is 1. The number of anilines is 1. The van der Waals surface area contributed by atoms with Crippen LogP contribution < -0.4 is 10.3 Å². The lowest BCUT2D eigenvalue weighted by atomic mass is 10.2. The summed E-state index contributed by atoms with van der Waals surface area (Å²) in [6, 6.07) is 7.50. The third-order valence-electron chi connectivity index (χ3n) is 4.27. The molecule has 1 aromatic carbocycles. The summed E-state index contributed by atoms with van der Waals surface area (Å²) in [6.45, 7) is 12.9. The van der Waals surface area contributed by atoms with Crippen molar-refractivity contribution in [2.24, 2.45) is 11.0 Å². The van der Waals surface area contributed by atoms with Gasteiger partial charge in [0.2, 0.25) is 0 Å². The second-order valence-electron chi connectivity index (χ2n) is 6.78. The molecule has 0 aliphatic carbocycles. The van der Waals surface area contributed by atoms with E-state index in [-0.39, 0.29) is 5.91 Å². The molecule has 0 atom stereocenters. The van der Waals surface area contributed by atoms with Gasteiger partial charge in [-0.05, 0) is 51.0 Å². The number of hydrogen-bond acceptors (Lipinski definition) is 4. The molecule has 0 saturated carbocycles. The second kappa shape index (κ2) is 9.55. The van der Waals surface area contributed by atoms with E-state index in [1.807, 2.05) is 19.1 Å². The van der Waals surface area contributed by atoms with E-state index >= 15 is 0 Å². The summed E-state index contributed by atoms with van der Waals surface area (Å²) >= 11 is 6.37. The Balaban J connectivity index is 2.04. The normalized spacial score (nSPS) is 11.4. The molecule has 1 amide bonds. The maximum atomic E-state index is 12.3. The number of benzene rings is 1. The van der Waals surface area contributed by atoms with Crippen molar-refractivity contribution in [2.75, 3.05) is 18.0 Å². The predicted molar refractivity (Wildman–Crippen MR) is 112 cm³/mol. The summed E-state index contributed by atoms with van der Waals surface area (Å²) in [5, 5.41) is 9.00. The molecular weight excluding hydrogens is 362 g/mol. The molecule has 2 aromatic rings. The van der Waals surface area contributed by atoms with E-state index in [2.05, 4.69) is 48.2 Å². The number of aryl methyl sites for hydroxylation is 1. The third kappa shape index (κ3) is 5.32. The third-order valence-corrected chi connectivity index (χ3v) is 4.66. The molecule has 1 heterocycles. The van der Waals surface area contributed by atoms with Crippen molar-refractivity contribution in [3.8, 4) is 0 Å². The first kappa shape index (κ1) is 21.0. The molecule has 0 aliphatic rings. The molecule has 1 N–H and O–H groups in total. The SMILES string of the molecule is CCN(CC)c1ccc(C(=O)N/N=C\c2c(C)nn(CC(C)C)c2Cl)cc1. The molecule has 6 nitrogen and oxygen atoms in total. The lowest BCUT2D eigenvalue weighted by molar-refractivity contribution is 0.0955. The first-order valence-electron chi connectivity index (χ1n) is 9.28. The van der Waals surface area contributed by atoms with Crippen LogP contribution in [0.2, 0.25) is 5.15 Å². The van der Waals surface area contributed by atoms with Crippen LogP contribution in [0.5, 0.6) is 0 Å². The van der Waals surface area contributed by atoms with Crippen LogP contribution in [0.15, 0.2) is 29.4 Å². The topological polar surface area (TPSA) is 62.5 Å². The molecule has 0 saturated heterocycles. The lowest BCUT2D eigenvalue weighted by Gasteiger charge is -2.20. The van der Waals surface area contributed by atoms with Crippen molar-refractivity contribution >= 4 is 29.4 Å². The fourth-order valence-corrected chi connectivity index (χ4v) is 3.11. The number of aromatic nitrogens is 2. The van der Waals surface area contributed by atoms with Gasteiger partial charge in [0.15, 0.2) is 0 Å². The van der Waals surface area contributed by atoms with Gasteiger partial charge in [0, 0.05) is 30.9 Å². The summed E-state index contributed by atoms with van der Waals surface area (Å²) in [7, 11) is 0. The molecule has 1 aromatic heterocycles. The van der Waals surface area contributed by atoms with Gasteiger partial charge in [0.25, 0.3) is 5.91 Å². The maximum absolute atomic E-state index is 12.3. The van der Waals surface area contributed by atoms with Gasteiger partial charge in [0.05, 0.1) is 17.5 Å². The van der Waals surface area contributed by atoms with Gasteiger partial charge < -0.3 is 4.90 Å². The Morgan fingerprint density at radius 1 is 1.30 bits per heavy atom. The molecule has 0 bridgehead atoms. The quantitative estimate of drug-likeness (QED) is 0.545. The van der Waals surface area contributed by atoms with E-state index in [1.54, 1.807) is 23.0 Å². The fraction of sp³-hybridized carbons (Fsp3) is 0.450. The molecule has 7 heteroatoms. The number of carbonyl (C=O) groups excluding carboxylic acids is 1. The van der Waals surface area contributed by atoms with Gasteiger partial charge in [-0.15, -0.1) is 0 Å². The zero-order valence-corrected chi connectivity index (χ0v) is 17.4. The van der Waals surface area contributed by atoms with Crippen LogP contribution in [0.4, 0.5) is 5.69 Å². The Morgan fingerprint density at radius 3 is 2.48 bits per heavy atom. The Kier molecular flexibility index (Phi) is 7.42. The van der Waals surface area contributed by atoms with Crippen molar-refractivity contribution < 1.29 is 4.79 Å². The summed E-state index contributed by atoms with van der Waals surface area (Å²) in [6.07, 6.45) is 1.55. The molecule has 2 rings (SSSR count). The minimum Gasteiger partial charge on any atom is -0.372 e. The van der Waals surface area contributed by atoms with Gasteiger partial charge in [-0.1, -0.05) is 25.4 Å². The maximum Gasteiger partial charge on any atom is 0.271 e. The highest BCUT2D eigenvalue weighted by atomic mass is 35.5. The molecule has 0 spiro atoms. The number of hydrogen-bond donors (Lipinski definition) is 1. The lowest BCUT2D eigenvalue weighted by Crippen LogP contribution is -2.22. The van der Waals surface area contributed by atoms with Crippen LogP contribution in [0.3, 0.4) is 0 Å². The van der Waals surface area contributed by atoms with Crippen LogP contribution >= 0.6 is 11.6 Å². The summed E-state index contributed by atoms with van der Waals surface area (Å²) in [5.74, 6) is 0.172. The van der Waals surface area contributed by atoms with E-state index < -0.39 is 0 Å². The Morgan fingerprint density at radius 2 is 1.93 bits per heavy atom. The highest BCUT2D eigenvalue weighted by Gasteiger charge is 2.13. The smallest absolute Gasteiger partial charge is 0.271 e. The van der Waals surface area contributed by atoms with Gasteiger partial charge in [0.1, 0.15) is 5.15 Å². The van der Waals surface area contributed by atoms with Gasteiger partial charge in [-0.2, -0.15) is 10.2 Å². The molecule has 146 valence electrons. The number of halogens is 1. The van der Waals surface area contributed by atoms with Crippen LogP contribution in [-0.4, -0.2) is 35.0 Å². The monoisotopic (exact) mass is 389 g/mol. The average Bonchev–Trinajstić information content (AvgIpc) is 2.90. The number of amides is 1. The minimum absolute atomic E-state index is 0.263. The number of nitrogens with zero attached hydrogens (tertiary/aromatic N) is 4. The summed E-state index contributed by atoms with van der Waals surface area (Å²) in [4.78, 5) is 14.5. The van der Waals surface area contributed by atoms with E-state index in [4.69, 9.17) is 11.6 Å². The van der Waals surface area contributed by atoms with Gasteiger partial charge >= 0.3 is 0 Å². The van der Waals surface area contributed by atoms with Crippen molar-refractivity contribution in [3.63, 3.8) is 0 Å². The number of rotatable bonds is 8. The van der Waals surface area contributed by atoms with E-state index in [9.17, 15) is 4.79 Å². The van der Waals surface area contributed by atoms with Gasteiger partial charge in [-0.3, -0.25) is 9.48 Å². The highest BCUT2D eigenvalue weighted by Crippen LogP contribution is 2.19. The Labute approximate surface area is 166 Å². The summed E-state index contributed by atoms with van der Waals surface area (Å²) < 4.78 is 1.76. The van der Waals surface area contributed by atoms with Crippen LogP contribution in [-0.2, 0) is 6.54 Å². The molecule has 0 radical (unpaired) electrons. The van der Waals surface area contributed by atoms with E-state index in [0.29, 0.717) is 16.6 Å². The van der Waals surface area contributed by atoms with Crippen molar-refractivity contribution in [1.82, 2.24) is 15.2 Å². The number of hydrazone groups is 1. The predicted octanol–water partition coefficient (Wildman–Crippen LogP) is 4.11. The summed E-state index contributed by atoms with van der Waals surface area (Å²) in [5.41, 5.74) is 5.70. The van der Waals surface area contributed by atoms with E-state index in [0.717, 1.165) is 36.6 Å². The molecule has 0 fully saturated rings. The largest absolute Gasteiger partial charge is 0.372 e. The van der Waals surface area contributed by atoms with Crippen molar-refractivity contribution in [2.45, 2.75) is 41.2 Å². The van der Waals surface area contributed by atoms with E-state index in [1.165, 1.54) is 0 Å². The minimum atomic E-state index is -0.263. The standard InChI is InChI=1S/C20H28ClN5O/c1-6-25(7-2)17-10-8-16(9-11-17)20(27)23-22-12-18-15(5)24-26(19(18)21)13-14(3)4/h8-12,14H,6-7,13H2,1-5H3,(H,23,27)/b22-12-. The zero-order chi connectivity index (χ0) is 20.0. The first-order valence-corrected chi connectivity index (χ1v) is 9.66. The van der Waals surface area contributed by atoms with Crippen LogP contribution in [0, 0.1) is 12.8 Å². The Bertz CT molecular complexity index is 791. The molecule has 27 heavy (non-hydrogen) atoms. The zero-order valence-electron chi connectivity index (χ0n) is 16.7. The number of nitrogens with one attached hydrogen (secondary N) is 1.